The molecule has 2 rings (SSSR count). The van der Waals surface area contributed by atoms with Crippen molar-refractivity contribution < 1.29 is 4.52 Å². The minimum absolute atomic E-state index is 0.452. The van der Waals surface area contributed by atoms with Crippen molar-refractivity contribution in [3.05, 3.63) is 24.5 Å². The van der Waals surface area contributed by atoms with Crippen LogP contribution in [0.5, 0.6) is 0 Å². The Morgan fingerprint density at radius 2 is 2.00 bits per heavy atom. The summed E-state index contributed by atoms with van der Waals surface area (Å²) < 4.78 is 4.91. The van der Waals surface area contributed by atoms with E-state index in [9.17, 15) is 0 Å². The summed E-state index contributed by atoms with van der Waals surface area (Å²) >= 11 is 0. The summed E-state index contributed by atoms with van der Waals surface area (Å²) in [5.74, 6) is 1.06. The van der Waals surface area contributed by atoms with Crippen LogP contribution in [0.3, 0.4) is 0 Å². The van der Waals surface area contributed by atoms with Crippen molar-refractivity contribution in [3.63, 3.8) is 0 Å². The van der Waals surface area contributed by atoms with Gasteiger partial charge in [-0.05, 0) is 6.92 Å². The van der Waals surface area contributed by atoms with Crippen molar-refractivity contribution in [2.45, 2.75) is 6.92 Å². The standard InChI is InChI=1S/C7H6N4O/c1-5-10-7(12-11-5)6-2-8-4-9-3-6/h2-4H,1H3. The van der Waals surface area contributed by atoms with Crippen LogP contribution in [0.1, 0.15) is 5.82 Å². The molecule has 0 amide bonds. The third kappa shape index (κ3) is 1.16. The first-order valence-electron chi connectivity index (χ1n) is 3.42. The largest absolute Gasteiger partial charge is 0.334 e. The molecule has 0 N–H and O–H groups in total. The summed E-state index contributed by atoms with van der Waals surface area (Å²) in [6, 6.07) is 0. The van der Waals surface area contributed by atoms with Crippen LogP contribution in [0.4, 0.5) is 0 Å². The minimum Gasteiger partial charge on any atom is -0.334 e. The lowest BCUT2D eigenvalue weighted by atomic mass is 10.3. The Morgan fingerprint density at radius 1 is 1.25 bits per heavy atom. The number of aromatic nitrogens is 4. The van der Waals surface area contributed by atoms with E-state index in [2.05, 4.69) is 20.1 Å². The van der Waals surface area contributed by atoms with Crippen LogP contribution in [-0.4, -0.2) is 20.1 Å². The van der Waals surface area contributed by atoms with E-state index in [-0.39, 0.29) is 0 Å². The van der Waals surface area contributed by atoms with E-state index in [1.54, 1.807) is 19.3 Å². The molecule has 0 radical (unpaired) electrons. The number of rotatable bonds is 1. The van der Waals surface area contributed by atoms with Gasteiger partial charge >= 0.3 is 0 Å². The van der Waals surface area contributed by atoms with Crippen LogP contribution in [-0.2, 0) is 0 Å². The van der Waals surface area contributed by atoms with E-state index in [1.165, 1.54) is 6.33 Å². The van der Waals surface area contributed by atoms with Crippen LogP contribution >= 0.6 is 0 Å². The molecule has 0 aliphatic heterocycles. The van der Waals surface area contributed by atoms with E-state index < -0.39 is 0 Å². The Kier molecular flexibility index (Phi) is 1.55. The molecule has 0 spiro atoms. The molecule has 5 nitrogen and oxygen atoms in total. The highest BCUT2D eigenvalue weighted by molar-refractivity contribution is 5.48. The van der Waals surface area contributed by atoms with Gasteiger partial charge in [0.15, 0.2) is 5.82 Å². The molecule has 0 saturated carbocycles. The molecule has 0 bridgehead atoms. The van der Waals surface area contributed by atoms with Gasteiger partial charge in [-0.15, -0.1) is 0 Å². The van der Waals surface area contributed by atoms with E-state index in [0.29, 0.717) is 11.7 Å². The SMILES string of the molecule is Cc1noc(-c2cncnc2)n1. The number of hydrogen-bond acceptors (Lipinski definition) is 5. The average molecular weight is 162 g/mol. The molecule has 0 aromatic carbocycles. The maximum absolute atomic E-state index is 4.91. The van der Waals surface area contributed by atoms with Gasteiger partial charge in [0, 0.05) is 12.4 Å². The zero-order chi connectivity index (χ0) is 8.39. The summed E-state index contributed by atoms with van der Waals surface area (Å²) in [6.45, 7) is 1.76. The van der Waals surface area contributed by atoms with Crippen LogP contribution in [0.2, 0.25) is 0 Å². The van der Waals surface area contributed by atoms with Gasteiger partial charge < -0.3 is 4.52 Å². The molecule has 5 heteroatoms. The van der Waals surface area contributed by atoms with Crippen molar-refractivity contribution >= 4 is 0 Å². The molecule has 0 fully saturated rings. The fraction of sp³-hybridized carbons (Fsp3) is 0.143. The fourth-order valence-corrected chi connectivity index (χ4v) is 0.824. The van der Waals surface area contributed by atoms with Gasteiger partial charge in [-0.2, -0.15) is 4.98 Å². The lowest BCUT2D eigenvalue weighted by Crippen LogP contribution is -1.81. The predicted molar refractivity (Wildman–Crippen MR) is 40.1 cm³/mol. The summed E-state index contributed by atoms with van der Waals surface area (Å²) in [6.07, 6.45) is 4.70. The highest BCUT2D eigenvalue weighted by Gasteiger charge is 2.04. The smallest absolute Gasteiger partial charge is 0.261 e. The highest BCUT2D eigenvalue weighted by Crippen LogP contribution is 2.12. The molecule has 2 heterocycles. The van der Waals surface area contributed by atoms with Gasteiger partial charge in [0.2, 0.25) is 0 Å². The zero-order valence-electron chi connectivity index (χ0n) is 6.43. The number of nitrogens with zero attached hydrogens (tertiary/aromatic N) is 4. The van der Waals surface area contributed by atoms with Gasteiger partial charge in [0.1, 0.15) is 6.33 Å². The van der Waals surface area contributed by atoms with Gasteiger partial charge in [-0.1, -0.05) is 5.16 Å². The Labute approximate surface area is 68.5 Å². The zero-order valence-corrected chi connectivity index (χ0v) is 6.43. The summed E-state index contributed by atoms with van der Waals surface area (Å²) in [5.41, 5.74) is 0.734. The summed E-state index contributed by atoms with van der Waals surface area (Å²) in [7, 11) is 0. The number of aryl methyl sites for hydroxylation is 1. The van der Waals surface area contributed by atoms with Crippen LogP contribution in [0.15, 0.2) is 23.2 Å². The topological polar surface area (TPSA) is 64.7 Å². The third-order valence-electron chi connectivity index (χ3n) is 1.34. The van der Waals surface area contributed by atoms with Crippen molar-refractivity contribution in [2.24, 2.45) is 0 Å². The van der Waals surface area contributed by atoms with Gasteiger partial charge in [-0.25, -0.2) is 9.97 Å². The van der Waals surface area contributed by atoms with E-state index in [4.69, 9.17) is 4.52 Å². The Balaban J connectivity index is 2.45. The van der Waals surface area contributed by atoms with E-state index in [1.807, 2.05) is 0 Å². The van der Waals surface area contributed by atoms with Crippen molar-refractivity contribution in [2.75, 3.05) is 0 Å². The second kappa shape index (κ2) is 2.69. The van der Waals surface area contributed by atoms with E-state index >= 15 is 0 Å². The van der Waals surface area contributed by atoms with Gasteiger partial charge in [0.25, 0.3) is 5.89 Å². The van der Waals surface area contributed by atoms with Crippen LogP contribution in [0, 0.1) is 6.92 Å². The second-order valence-electron chi connectivity index (χ2n) is 2.27. The maximum Gasteiger partial charge on any atom is 0.261 e. The van der Waals surface area contributed by atoms with Gasteiger partial charge in [-0.3, -0.25) is 0 Å². The lowest BCUT2D eigenvalue weighted by Gasteiger charge is -1.88. The molecule has 2 aromatic heterocycles. The molecule has 0 saturated heterocycles. The predicted octanol–water partition coefficient (Wildman–Crippen LogP) is 0.835. The maximum atomic E-state index is 4.91. The van der Waals surface area contributed by atoms with Crippen molar-refractivity contribution in [1.82, 2.24) is 20.1 Å². The molecule has 2 aromatic rings. The highest BCUT2D eigenvalue weighted by atomic mass is 16.5. The monoisotopic (exact) mass is 162 g/mol. The van der Waals surface area contributed by atoms with Gasteiger partial charge in [0.05, 0.1) is 5.56 Å². The summed E-state index contributed by atoms with van der Waals surface area (Å²) in [5, 5.41) is 3.65. The Hall–Kier alpha value is -1.78. The summed E-state index contributed by atoms with van der Waals surface area (Å²) in [4.78, 5) is 11.7. The molecule has 0 aliphatic carbocycles. The molecular weight excluding hydrogens is 156 g/mol. The molecule has 12 heavy (non-hydrogen) atoms. The normalized spacial score (nSPS) is 10.1. The molecule has 0 atom stereocenters. The quantitative estimate of drug-likeness (QED) is 0.621. The number of hydrogen-bond donors (Lipinski definition) is 0. The lowest BCUT2D eigenvalue weighted by molar-refractivity contribution is 0.425. The second-order valence-corrected chi connectivity index (χ2v) is 2.27. The Morgan fingerprint density at radius 3 is 2.58 bits per heavy atom. The van der Waals surface area contributed by atoms with Crippen molar-refractivity contribution in [3.8, 4) is 11.5 Å². The fourth-order valence-electron chi connectivity index (χ4n) is 0.824. The van der Waals surface area contributed by atoms with Crippen molar-refractivity contribution in [1.29, 1.82) is 0 Å². The molecule has 0 unspecified atom stereocenters. The first-order valence-corrected chi connectivity index (χ1v) is 3.42. The third-order valence-corrected chi connectivity index (χ3v) is 1.34. The van der Waals surface area contributed by atoms with Crippen LogP contribution in [0.25, 0.3) is 11.5 Å². The average Bonchev–Trinajstić information content (AvgIpc) is 2.54. The van der Waals surface area contributed by atoms with E-state index in [0.717, 1.165) is 5.56 Å². The molecule has 0 aliphatic rings. The molecule has 60 valence electrons. The molecular formula is C7H6N4O. The first kappa shape index (κ1) is 6.90. The van der Waals surface area contributed by atoms with Crippen LogP contribution < -0.4 is 0 Å². The first-order chi connectivity index (χ1) is 5.86. The Bertz CT molecular complexity index is 370. The minimum atomic E-state index is 0.452.